The van der Waals surface area contributed by atoms with E-state index >= 15 is 0 Å². The number of pyridine rings is 1. The standard InChI is InChI=1S/C18H16N6O2/c25-17(12-24-18(26)14-5-1-2-6-15(14)21-22-24)19-9-8-13-11-23-10-4-3-7-16(23)20-13/h1-7,10-11H,8-9,12H2,(H,19,25). The Morgan fingerprint density at radius 1 is 1.12 bits per heavy atom. The van der Waals surface area contributed by atoms with Gasteiger partial charge in [-0.05, 0) is 24.3 Å². The van der Waals surface area contributed by atoms with Gasteiger partial charge in [-0.2, -0.15) is 0 Å². The molecule has 0 unspecified atom stereocenters. The number of rotatable bonds is 5. The highest BCUT2D eigenvalue weighted by Crippen LogP contribution is 2.05. The van der Waals surface area contributed by atoms with Crippen LogP contribution in [-0.2, 0) is 17.8 Å². The van der Waals surface area contributed by atoms with E-state index in [1.54, 1.807) is 24.3 Å². The second-order valence-electron chi connectivity index (χ2n) is 5.87. The van der Waals surface area contributed by atoms with E-state index in [0.717, 1.165) is 16.0 Å². The first kappa shape index (κ1) is 15.9. The van der Waals surface area contributed by atoms with Gasteiger partial charge in [0.2, 0.25) is 5.91 Å². The molecule has 3 aromatic heterocycles. The molecule has 8 nitrogen and oxygen atoms in total. The van der Waals surface area contributed by atoms with Crippen molar-refractivity contribution in [3.05, 3.63) is 70.9 Å². The maximum Gasteiger partial charge on any atom is 0.278 e. The van der Waals surface area contributed by atoms with Crippen molar-refractivity contribution in [2.75, 3.05) is 6.54 Å². The summed E-state index contributed by atoms with van der Waals surface area (Å²) in [5.41, 5.74) is 1.94. The van der Waals surface area contributed by atoms with Crippen LogP contribution in [0.25, 0.3) is 16.6 Å². The lowest BCUT2D eigenvalue weighted by molar-refractivity contribution is -0.121. The normalized spacial score (nSPS) is 11.1. The second-order valence-corrected chi connectivity index (χ2v) is 5.87. The van der Waals surface area contributed by atoms with E-state index in [0.29, 0.717) is 23.9 Å². The summed E-state index contributed by atoms with van der Waals surface area (Å²) in [5, 5.41) is 11.0. The Balaban J connectivity index is 1.38. The van der Waals surface area contributed by atoms with Gasteiger partial charge < -0.3 is 9.72 Å². The Morgan fingerprint density at radius 2 is 1.96 bits per heavy atom. The van der Waals surface area contributed by atoms with E-state index in [9.17, 15) is 9.59 Å². The molecule has 1 amide bonds. The van der Waals surface area contributed by atoms with Gasteiger partial charge >= 0.3 is 0 Å². The van der Waals surface area contributed by atoms with Crippen molar-refractivity contribution in [1.82, 2.24) is 29.7 Å². The highest BCUT2D eigenvalue weighted by molar-refractivity contribution is 5.78. The average Bonchev–Trinajstić information content (AvgIpc) is 3.07. The number of amides is 1. The van der Waals surface area contributed by atoms with E-state index in [1.807, 2.05) is 35.0 Å². The number of carbonyl (C=O) groups is 1. The van der Waals surface area contributed by atoms with Crippen LogP contribution >= 0.6 is 0 Å². The molecule has 0 spiro atoms. The van der Waals surface area contributed by atoms with Gasteiger partial charge in [0.25, 0.3) is 5.56 Å². The van der Waals surface area contributed by atoms with Crippen LogP contribution in [0.2, 0.25) is 0 Å². The van der Waals surface area contributed by atoms with Crippen molar-refractivity contribution >= 4 is 22.5 Å². The first-order chi connectivity index (χ1) is 12.7. The second kappa shape index (κ2) is 6.75. The van der Waals surface area contributed by atoms with Crippen LogP contribution in [0.15, 0.2) is 59.7 Å². The van der Waals surface area contributed by atoms with Gasteiger partial charge in [0.1, 0.15) is 17.7 Å². The first-order valence-electron chi connectivity index (χ1n) is 8.22. The Labute approximate surface area is 148 Å². The van der Waals surface area contributed by atoms with Crippen LogP contribution in [0.1, 0.15) is 5.69 Å². The number of carbonyl (C=O) groups excluding carboxylic acids is 1. The van der Waals surface area contributed by atoms with Crippen LogP contribution in [0.5, 0.6) is 0 Å². The molecule has 0 aliphatic heterocycles. The smallest absolute Gasteiger partial charge is 0.278 e. The van der Waals surface area contributed by atoms with Crippen LogP contribution in [0, 0.1) is 0 Å². The molecule has 0 bridgehead atoms. The van der Waals surface area contributed by atoms with Crippen molar-refractivity contribution < 1.29 is 4.79 Å². The Bertz CT molecular complexity index is 1110. The zero-order valence-electron chi connectivity index (χ0n) is 13.9. The fourth-order valence-corrected chi connectivity index (χ4v) is 2.76. The van der Waals surface area contributed by atoms with Gasteiger partial charge in [0, 0.05) is 25.4 Å². The van der Waals surface area contributed by atoms with Gasteiger partial charge in [-0.15, -0.1) is 5.10 Å². The SMILES string of the molecule is O=C(Cn1nnc2ccccc2c1=O)NCCc1cn2ccccc2n1. The third kappa shape index (κ3) is 3.16. The molecule has 26 heavy (non-hydrogen) atoms. The summed E-state index contributed by atoms with van der Waals surface area (Å²) >= 11 is 0. The average molecular weight is 348 g/mol. The largest absolute Gasteiger partial charge is 0.354 e. The molecule has 1 aromatic carbocycles. The molecule has 4 rings (SSSR count). The maximum atomic E-state index is 12.3. The number of nitrogens with one attached hydrogen (secondary N) is 1. The van der Waals surface area contributed by atoms with Gasteiger partial charge in [-0.1, -0.05) is 23.4 Å². The number of imidazole rings is 1. The minimum absolute atomic E-state index is 0.165. The Hall–Kier alpha value is -3.55. The van der Waals surface area contributed by atoms with Crippen LogP contribution in [0.3, 0.4) is 0 Å². The minimum Gasteiger partial charge on any atom is -0.354 e. The third-order valence-electron chi connectivity index (χ3n) is 4.04. The van der Waals surface area contributed by atoms with Gasteiger partial charge in [-0.25, -0.2) is 9.67 Å². The summed E-state index contributed by atoms with van der Waals surface area (Å²) in [7, 11) is 0. The van der Waals surface area contributed by atoms with Crippen LogP contribution in [0.4, 0.5) is 0 Å². The highest BCUT2D eigenvalue weighted by atomic mass is 16.2. The van der Waals surface area contributed by atoms with Gasteiger partial charge in [-0.3, -0.25) is 9.59 Å². The lowest BCUT2D eigenvalue weighted by Gasteiger charge is -2.06. The summed E-state index contributed by atoms with van der Waals surface area (Å²) in [6.45, 7) is 0.264. The van der Waals surface area contributed by atoms with E-state index in [1.165, 1.54) is 0 Å². The van der Waals surface area contributed by atoms with Crippen LogP contribution in [-0.4, -0.2) is 36.8 Å². The number of benzene rings is 1. The zero-order valence-corrected chi connectivity index (χ0v) is 13.9. The summed E-state index contributed by atoms with van der Waals surface area (Å²) in [5.74, 6) is -0.291. The van der Waals surface area contributed by atoms with E-state index in [-0.39, 0.29) is 18.0 Å². The third-order valence-corrected chi connectivity index (χ3v) is 4.04. The molecule has 0 atom stereocenters. The Morgan fingerprint density at radius 3 is 2.85 bits per heavy atom. The molecule has 0 aliphatic rings. The van der Waals surface area contributed by atoms with E-state index in [4.69, 9.17) is 0 Å². The van der Waals surface area contributed by atoms with Crippen molar-refractivity contribution in [2.45, 2.75) is 13.0 Å². The molecule has 0 fully saturated rings. The maximum absolute atomic E-state index is 12.3. The fourth-order valence-electron chi connectivity index (χ4n) is 2.76. The molecule has 0 aliphatic carbocycles. The van der Waals surface area contributed by atoms with Crippen molar-refractivity contribution in [3.8, 4) is 0 Å². The topological polar surface area (TPSA) is 94.2 Å². The van der Waals surface area contributed by atoms with E-state index in [2.05, 4.69) is 20.6 Å². The highest BCUT2D eigenvalue weighted by Gasteiger charge is 2.09. The minimum atomic E-state index is -0.328. The molecule has 0 saturated heterocycles. The molecule has 0 saturated carbocycles. The first-order valence-corrected chi connectivity index (χ1v) is 8.22. The molecule has 3 heterocycles. The molecular weight excluding hydrogens is 332 g/mol. The van der Waals surface area contributed by atoms with Gasteiger partial charge in [0.15, 0.2) is 0 Å². The van der Waals surface area contributed by atoms with Crippen molar-refractivity contribution in [1.29, 1.82) is 0 Å². The monoisotopic (exact) mass is 348 g/mol. The van der Waals surface area contributed by atoms with E-state index < -0.39 is 0 Å². The molecule has 8 heteroatoms. The lowest BCUT2D eigenvalue weighted by atomic mass is 10.2. The van der Waals surface area contributed by atoms with Crippen molar-refractivity contribution in [2.24, 2.45) is 0 Å². The quantitative estimate of drug-likeness (QED) is 0.576. The number of aromatic nitrogens is 5. The fraction of sp³-hybridized carbons (Fsp3) is 0.167. The summed E-state index contributed by atoms with van der Waals surface area (Å²) < 4.78 is 3.00. The molecule has 130 valence electrons. The zero-order chi connectivity index (χ0) is 17.9. The van der Waals surface area contributed by atoms with Crippen LogP contribution < -0.4 is 10.9 Å². The predicted octanol–water partition coefficient (Wildman–Crippen LogP) is 0.798. The lowest BCUT2D eigenvalue weighted by Crippen LogP contribution is -2.35. The summed E-state index contributed by atoms with van der Waals surface area (Å²) in [4.78, 5) is 28.9. The molecule has 4 aromatic rings. The number of fused-ring (bicyclic) bond motifs is 2. The Kier molecular flexibility index (Phi) is 4.14. The summed E-state index contributed by atoms with van der Waals surface area (Å²) in [6.07, 6.45) is 4.46. The van der Waals surface area contributed by atoms with Crippen molar-refractivity contribution in [3.63, 3.8) is 0 Å². The van der Waals surface area contributed by atoms with Gasteiger partial charge in [0.05, 0.1) is 11.1 Å². The number of hydrogen-bond donors (Lipinski definition) is 1. The predicted molar refractivity (Wildman–Crippen MR) is 95.7 cm³/mol. The molecule has 1 N–H and O–H groups in total. The number of nitrogens with zero attached hydrogens (tertiary/aromatic N) is 5. The summed E-state index contributed by atoms with van der Waals surface area (Å²) in [6, 6.07) is 12.7. The molecule has 0 radical (unpaired) electrons. The number of hydrogen-bond acceptors (Lipinski definition) is 5. The molecular formula is C18H16N6O2.